The van der Waals surface area contributed by atoms with Crippen LogP contribution in [0.5, 0.6) is 0 Å². The van der Waals surface area contributed by atoms with Gasteiger partial charge in [0.2, 0.25) is 5.91 Å². The number of hydrogen-bond acceptors (Lipinski definition) is 6. The molecule has 1 heterocycles. The summed E-state index contributed by atoms with van der Waals surface area (Å²) < 4.78 is 43.8. The highest BCUT2D eigenvalue weighted by Crippen LogP contribution is 2.32. The second-order valence-corrected chi connectivity index (χ2v) is 11.0. The van der Waals surface area contributed by atoms with Gasteiger partial charge in [0.05, 0.1) is 18.2 Å². The van der Waals surface area contributed by atoms with Gasteiger partial charge in [0, 0.05) is 29.5 Å². The van der Waals surface area contributed by atoms with Crippen LogP contribution in [0.4, 0.5) is 19.0 Å². The third-order valence-corrected chi connectivity index (χ3v) is 7.64. The van der Waals surface area contributed by atoms with E-state index < -0.39 is 35.5 Å². The van der Waals surface area contributed by atoms with Crippen LogP contribution < -0.4 is 16.0 Å². The topological polar surface area (TPSA) is 126 Å². The Kier molecular flexibility index (Phi) is 10.7. The first-order valence-electron chi connectivity index (χ1n) is 15.2. The Morgan fingerprint density at radius 3 is 2.24 bits per heavy atom. The first-order chi connectivity index (χ1) is 23.5. The maximum absolute atomic E-state index is 13.3. The maximum Gasteiger partial charge on any atom is 0.416 e. The van der Waals surface area contributed by atoms with Crippen molar-refractivity contribution in [3.8, 4) is 11.1 Å². The quantitative estimate of drug-likeness (QED) is 0.106. The van der Waals surface area contributed by atoms with Crippen molar-refractivity contribution in [3.05, 3.63) is 131 Å². The number of ether oxygens (including phenoxy) is 1. The molecule has 3 amide bonds. The Labute approximate surface area is 279 Å². The lowest BCUT2D eigenvalue weighted by Crippen LogP contribution is -2.40. The number of amides is 3. The van der Waals surface area contributed by atoms with Crippen molar-refractivity contribution in [1.82, 2.24) is 15.6 Å². The van der Waals surface area contributed by atoms with Crippen molar-refractivity contribution in [2.45, 2.75) is 25.1 Å². The van der Waals surface area contributed by atoms with Crippen molar-refractivity contribution >= 4 is 40.4 Å². The van der Waals surface area contributed by atoms with Crippen molar-refractivity contribution in [2.24, 2.45) is 0 Å². The van der Waals surface area contributed by atoms with E-state index in [-0.39, 0.29) is 35.9 Å². The van der Waals surface area contributed by atoms with Gasteiger partial charge in [-0.3, -0.25) is 19.2 Å². The fourth-order valence-corrected chi connectivity index (χ4v) is 5.10. The van der Waals surface area contributed by atoms with Crippen LogP contribution in [0.1, 0.15) is 50.7 Å². The number of rotatable bonds is 11. The van der Waals surface area contributed by atoms with E-state index in [1.54, 1.807) is 84.9 Å². The van der Waals surface area contributed by atoms with E-state index in [1.165, 1.54) is 19.2 Å². The number of benzene rings is 4. The molecule has 0 saturated carbocycles. The molecule has 12 heteroatoms. The molecule has 5 aromatic rings. The van der Waals surface area contributed by atoms with Gasteiger partial charge in [-0.15, -0.1) is 0 Å². The lowest BCUT2D eigenvalue weighted by atomic mass is 9.98. The second kappa shape index (κ2) is 15.2. The zero-order valence-corrected chi connectivity index (χ0v) is 26.2. The summed E-state index contributed by atoms with van der Waals surface area (Å²) in [5.74, 6) is -1.60. The molecule has 9 nitrogen and oxygen atoms in total. The maximum atomic E-state index is 13.3. The molecule has 1 atom stereocenters. The average Bonchev–Trinajstić information content (AvgIpc) is 3.11. The van der Waals surface area contributed by atoms with E-state index in [4.69, 9.17) is 0 Å². The molecule has 0 aliphatic heterocycles. The van der Waals surface area contributed by atoms with Gasteiger partial charge >= 0.3 is 12.1 Å². The number of anilines is 1. The van der Waals surface area contributed by atoms with Gasteiger partial charge in [-0.25, -0.2) is 4.98 Å². The minimum absolute atomic E-state index is 0.145. The molecule has 0 spiro atoms. The van der Waals surface area contributed by atoms with Gasteiger partial charge in [0.15, 0.2) is 0 Å². The number of carbonyl (C=O) groups excluding carboxylic acids is 4. The third kappa shape index (κ3) is 8.66. The Hall–Kier alpha value is -6.04. The summed E-state index contributed by atoms with van der Waals surface area (Å²) >= 11 is 0. The molecular weight excluding hydrogens is 637 g/mol. The highest BCUT2D eigenvalue weighted by molar-refractivity contribution is 6.09. The summed E-state index contributed by atoms with van der Waals surface area (Å²) in [7, 11) is 1.29. The first-order valence-corrected chi connectivity index (χ1v) is 15.2. The number of fused-ring (bicyclic) bond motifs is 1. The standard InChI is InChI=1S/C37H31F3N4O5/c1-49-32(45)12-7-21-41-36(48)33(24-8-3-2-4-9-24)44-34(46)26-15-19-30-25(22-26)16-20-31(42-30)43-35(47)29-11-6-5-10-28(29)23-13-17-27(18-14-23)37(38,39)40/h2-6,8-11,13-20,22,33H,7,12,21H2,1H3,(H,41,48)(H,44,46)(H,42,43,47)/t33-/m0/s1. The molecule has 0 bridgehead atoms. The molecule has 0 radical (unpaired) electrons. The number of pyridine rings is 1. The fraction of sp³-hybridized carbons (Fsp3) is 0.162. The largest absolute Gasteiger partial charge is 0.469 e. The predicted molar refractivity (Wildman–Crippen MR) is 177 cm³/mol. The number of methoxy groups -OCH3 is 1. The number of carbonyl (C=O) groups is 4. The molecular formula is C37H31F3N4O5. The Balaban J connectivity index is 1.29. The SMILES string of the molecule is COC(=O)CCCNC(=O)[C@@H](NC(=O)c1ccc2nc(NC(=O)c3ccccc3-c3ccc(C(F)(F)F)cc3)ccc2c1)c1ccccc1. The number of alkyl halides is 3. The van der Waals surface area contributed by atoms with Crippen LogP contribution in [0.15, 0.2) is 109 Å². The van der Waals surface area contributed by atoms with Crippen LogP contribution in [0.3, 0.4) is 0 Å². The highest BCUT2D eigenvalue weighted by Gasteiger charge is 2.30. The second-order valence-electron chi connectivity index (χ2n) is 11.0. The van der Waals surface area contributed by atoms with Crippen LogP contribution in [-0.2, 0) is 20.5 Å². The average molecular weight is 669 g/mol. The molecule has 0 unspecified atom stereocenters. The van der Waals surface area contributed by atoms with E-state index in [1.807, 2.05) is 0 Å². The van der Waals surface area contributed by atoms with E-state index in [2.05, 4.69) is 25.7 Å². The van der Waals surface area contributed by atoms with Gasteiger partial charge in [-0.2, -0.15) is 13.2 Å². The number of nitrogens with one attached hydrogen (secondary N) is 3. The molecule has 0 saturated heterocycles. The predicted octanol–water partition coefficient (Wildman–Crippen LogP) is 6.71. The van der Waals surface area contributed by atoms with Crippen molar-refractivity contribution in [3.63, 3.8) is 0 Å². The molecule has 49 heavy (non-hydrogen) atoms. The smallest absolute Gasteiger partial charge is 0.416 e. The number of aromatic nitrogens is 1. The van der Waals surface area contributed by atoms with Gasteiger partial charge in [-0.1, -0.05) is 60.7 Å². The van der Waals surface area contributed by atoms with Gasteiger partial charge in [0.25, 0.3) is 11.8 Å². The Bertz CT molecular complexity index is 1980. The lowest BCUT2D eigenvalue weighted by Gasteiger charge is -2.19. The van der Waals surface area contributed by atoms with Crippen LogP contribution in [-0.4, -0.2) is 42.3 Å². The lowest BCUT2D eigenvalue weighted by molar-refractivity contribution is -0.141. The summed E-state index contributed by atoms with van der Waals surface area (Å²) in [6.45, 7) is 0.217. The number of hydrogen-bond donors (Lipinski definition) is 3. The normalized spacial score (nSPS) is 11.8. The third-order valence-electron chi connectivity index (χ3n) is 7.64. The minimum atomic E-state index is -4.47. The van der Waals surface area contributed by atoms with Crippen LogP contribution in [0.25, 0.3) is 22.0 Å². The summed E-state index contributed by atoms with van der Waals surface area (Å²) in [5, 5.41) is 8.88. The number of halogens is 3. The molecule has 4 aromatic carbocycles. The van der Waals surface area contributed by atoms with Gasteiger partial charge in [-0.05, 0) is 71.6 Å². The summed E-state index contributed by atoms with van der Waals surface area (Å²) in [5.41, 5.74) is 1.69. The van der Waals surface area contributed by atoms with Crippen molar-refractivity contribution < 1.29 is 37.1 Å². The van der Waals surface area contributed by atoms with Gasteiger partial charge in [0.1, 0.15) is 11.9 Å². The molecule has 250 valence electrons. The molecule has 0 aliphatic carbocycles. The fourth-order valence-electron chi connectivity index (χ4n) is 5.10. The minimum Gasteiger partial charge on any atom is -0.469 e. The highest BCUT2D eigenvalue weighted by atomic mass is 19.4. The van der Waals surface area contributed by atoms with E-state index >= 15 is 0 Å². The van der Waals surface area contributed by atoms with Crippen molar-refractivity contribution in [2.75, 3.05) is 19.0 Å². The summed E-state index contributed by atoms with van der Waals surface area (Å²) in [6.07, 6.45) is -3.96. The number of nitrogens with zero attached hydrogens (tertiary/aromatic N) is 1. The van der Waals surface area contributed by atoms with Gasteiger partial charge < -0.3 is 20.7 Å². The van der Waals surface area contributed by atoms with Crippen molar-refractivity contribution in [1.29, 1.82) is 0 Å². The Morgan fingerprint density at radius 2 is 1.53 bits per heavy atom. The molecule has 1 aromatic heterocycles. The van der Waals surface area contributed by atoms with E-state index in [0.717, 1.165) is 12.1 Å². The zero-order chi connectivity index (χ0) is 35.0. The molecule has 3 N–H and O–H groups in total. The van der Waals surface area contributed by atoms with Crippen LogP contribution >= 0.6 is 0 Å². The van der Waals surface area contributed by atoms with Crippen LogP contribution in [0.2, 0.25) is 0 Å². The number of esters is 1. The summed E-state index contributed by atoms with van der Waals surface area (Å²) in [4.78, 5) is 55.6. The first kappa shape index (κ1) is 34.3. The van der Waals surface area contributed by atoms with E-state index in [0.29, 0.717) is 34.0 Å². The van der Waals surface area contributed by atoms with E-state index in [9.17, 15) is 32.3 Å². The van der Waals surface area contributed by atoms with Crippen LogP contribution in [0, 0.1) is 0 Å². The molecule has 0 fully saturated rings. The molecule has 0 aliphatic rings. The molecule has 5 rings (SSSR count). The zero-order valence-electron chi connectivity index (χ0n) is 26.2. The summed E-state index contributed by atoms with van der Waals surface area (Å²) in [6, 6.07) is 26.9. The Morgan fingerprint density at radius 1 is 0.816 bits per heavy atom. The monoisotopic (exact) mass is 668 g/mol.